The van der Waals surface area contributed by atoms with Crippen LogP contribution in [0.3, 0.4) is 0 Å². The van der Waals surface area contributed by atoms with Gasteiger partial charge in [0.1, 0.15) is 0 Å². The molecule has 0 N–H and O–H groups in total. The summed E-state index contributed by atoms with van der Waals surface area (Å²) < 4.78 is 0. The van der Waals surface area contributed by atoms with Gasteiger partial charge in [-0.15, -0.1) is 12.6 Å². The van der Waals surface area contributed by atoms with E-state index >= 15 is 0 Å². The highest BCUT2D eigenvalue weighted by molar-refractivity contribution is 7.80. The lowest BCUT2D eigenvalue weighted by molar-refractivity contribution is 1.48. The molecule has 0 aromatic heterocycles. The molecular weight excluding hydrogens is 128 g/mol. The normalized spacial score (nSPS) is 7.62. The third-order valence-corrected chi connectivity index (χ3v) is 1.05. The van der Waals surface area contributed by atoms with Gasteiger partial charge >= 0.3 is 0 Å². The first-order valence-corrected chi connectivity index (χ1v) is 2.58. The van der Waals surface area contributed by atoms with Crippen molar-refractivity contribution >= 4 is 35.7 Å². The molecule has 0 heterocycles. The maximum absolute atomic E-state index is 4.08. The average Bonchev–Trinajstić information content (AvgIpc) is 1.69. The summed E-state index contributed by atoms with van der Waals surface area (Å²) in [5, 5.41) is 0. The molecule has 1 aromatic carbocycles. The number of hydrogen-bond donors (Lipinski definition) is 1. The van der Waals surface area contributed by atoms with Crippen molar-refractivity contribution in [3.8, 4) is 0 Å². The van der Waals surface area contributed by atoms with E-state index in [2.05, 4.69) is 12.6 Å². The molecule has 0 amide bonds. The topological polar surface area (TPSA) is 0 Å². The van der Waals surface area contributed by atoms with E-state index in [1.807, 2.05) is 30.3 Å². The second kappa shape index (κ2) is 4.24. The van der Waals surface area contributed by atoms with Gasteiger partial charge in [-0.1, -0.05) is 18.2 Å². The van der Waals surface area contributed by atoms with Crippen LogP contribution in [-0.4, -0.2) is 23.1 Å². The Morgan fingerprint density at radius 3 is 1.75 bits per heavy atom. The van der Waals surface area contributed by atoms with Gasteiger partial charge in [-0.25, -0.2) is 0 Å². The number of hydrogen-bond acceptors (Lipinski definition) is 1. The highest BCUT2D eigenvalue weighted by atomic mass is 32.1. The van der Waals surface area contributed by atoms with Gasteiger partial charge in [-0.05, 0) is 12.1 Å². The monoisotopic (exact) mass is 134 g/mol. The lowest BCUT2D eigenvalue weighted by Gasteiger charge is -1.81. The fourth-order valence-electron chi connectivity index (χ4n) is 0.428. The number of thiol groups is 1. The van der Waals surface area contributed by atoms with Gasteiger partial charge in [0.2, 0.25) is 0 Å². The van der Waals surface area contributed by atoms with Crippen LogP contribution >= 0.6 is 12.6 Å². The van der Waals surface area contributed by atoms with E-state index in [4.69, 9.17) is 0 Å². The lowest BCUT2D eigenvalue weighted by Crippen LogP contribution is -1.56. The van der Waals surface area contributed by atoms with Gasteiger partial charge in [0.05, 0.1) is 0 Å². The van der Waals surface area contributed by atoms with Gasteiger partial charge in [0.15, 0.2) is 0 Å². The first-order valence-electron chi connectivity index (χ1n) is 2.13. The van der Waals surface area contributed by atoms with E-state index in [0.717, 1.165) is 4.90 Å². The first-order chi connectivity index (χ1) is 3.39. The summed E-state index contributed by atoms with van der Waals surface area (Å²) in [5.41, 5.74) is 0. The van der Waals surface area contributed by atoms with Crippen LogP contribution in [0, 0.1) is 0 Å². The zero-order chi connectivity index (χ0) is 5.11. The van der Waals surface area contributed by atoms with E-state index < -0.39 is 0 Å². The molecule has 1 aromatic rings. The standard InChI is InChI=1S/C6H6S.Mg/c7-6-4-2-1-3-5-6;/h1-5,7H;. The van der Waals surface area contributed by atoms with Crippen molar-refractivity contribution in [1.29, 1.82) is 0 Å². The van der Waals surface area contributed by atoms with Crippen molar-refractivity contribution in [1.82, 2.24) is 0 Å². The van der Waals surface area contributed by atoms with Gasteiger partial charge in [0, 0.05) is 27.9 Å². The quantitative estimate of drug-likeness (QED) is 0.404. The molecule has 0 aliphatic heterocycles. The minimum atomic E-state index is 0. The van der Waals surface area contributed by atoms with E-state index in [-0.39, 0.29) is 23.1 Å². The Labute approximate surface area is 70.9 Å². The SMILES string of the molecule is Sc1ccccc1.[Mg]. The summed E-state index contributed by atoms with van der Waals surface area (Å²) in [6, 6.07) is 9.79. The molecule has 0 nitrogen and oxygen atoms in total. The van der Waals surface area contributed by atoms with Crippen molar-refractivity contribution in [2.45, 2.75) is 4.90 Å². The summed E-state index contributed by atoms with van der Waals surface area (Å²) in [7, 11) is 0. The molecule has 0 aliphatic rings. The van der Waals surface area contributed by atoms with Crippen LogP contribution < -0.4 is 0 Å². The molecule has 38 valence electrons. The van der Waals surface area contributed by atoms with Crippen LogP contribution in [0.1, 0.15) is 0 Å². The Balaban J connectivity index is 0.000000490. The predicted octanol–water partition coefficient (Wildman–Crippen LogP) is 1.59. The highest BCUT2D eigenvalue weighted by Crippen LogP contribution is 2.00. The molecule has 1 rings (SSSR count). The molecule has 0 bridgehead atoms. The average molecular weight is 134 g/mol. The van der Waals surface area contributed by atoms with E-state index in [1.165, 1.54) is 0 Å². The van der Waals surface area contributed by atoms with Crippen LogP contribution in [0.4, 0.5) is 0 Å². The van der Waals surface area contributed by atoms with Gasteiger partial charge < -0.3 is 0 Å². The van der Waals surface area contributed by atoms with Gasteiger partial charge in [0.25, 0.3) is 0 Å². The molecule has 2 radical (unpaired) electrons. The van der Waals surface area contributed by atoms with Crippen molar-refractivity contribution < 1.29 is 0 Å². The third kappa shape index (κ3) is 2.60. The summed E-state index contributed by atoms with van der Waals surface area (Å²) in [6.07, 6.45) is 0. The summed E-state index contributed by atoms with van der Waals surface area (Å²) in [6.45, 7) is 0. The van der Waals surface area contributed by atoms with Crippen LogP contribution in [0.5, 0.6) is 0 Å². The summed E-state index contributed by atoms with van der Waals surface area (Å²) >= 11 is 4.08. The van der Waals surface area contributed by atoms with Crippen molar-refractivity contribution in [3.63, 3.8) is 0 Å². The first kappa shape index (κ1) is 8.34. The Bertz CT molecular complexity index is 138. The van der Waals surface area contributed by atoms with Crippen molar-refractivity contribution in [2.24, 2.45) is 0 Å². The Kier molecular flexibility index (Phi) is 4.42. The minimum Gasteiger partial charge on any atom is -0.143 e. The molecule has 2 heteroatoms. The molecule has 8 heavy (non-hydrogen) atoms. The van der Waals surface area contributed by atoms with E-state index in [9.17, 15) is 0 Å². The largest absolute Gasteiger partial charge is 0.143 e. The molecular formula is C6H6MgS. The fourth-order valence-corrected chi connectivity index (χ4v) is 0.600. The predicted molar refractivity (Wildman–Crippen MR) is 39.4 cm³/mol. The van der Waals surface area contributed by atoms with Crippen LogP contribution in [0.25, 0.3) is 0 Å². The molecule has 0 saturated carbocycles. The van der Waals surface area contributed by atoms with E-state index in [1.54, 1.807) is 0 Å². The van der Waals surface area contributed by atoms with Crippen LogP contribution in [0.2, 0.25) is 0 Å². The highest BCUT2D eigenvalue weighted by Gasteiger charge is 1.73. The number of benzene rings is 1. The second-order valence-electron chi connectivity index (χ2n) is 1.34. The Morgan fingerprint density at radius 1 is 1.00 bits per heavy atom. The van der Waals surface area contributed by atoms with Gasteiger partial charge in [-0.2, -0.15) is 0 Å². The van der Waals surface area contributed by atoms with E-state index in [0.29, 0.717) is 0 Å². The van der Waals surface area contributed by atoms with Gasteiger partial charge in [-0.3, -0.25) is 0 Å². The maximum atomic E-state index is 4.08. The zero-order valence-corrected chi connectivity index (χ0v) is 6.85. The molecule has 0 spiro atoms. The Morgan fingerprint density at radius 2 is 1.50 bits per heavy atom. The summed E-state index contributed by atoms with van der Waals surface area (Å²) in [4.78, 5) is 1.02. The maximum Gasteiger partial charge on any atom is 0.00399 e. The molecule has 0 unspecified atom stereocenters. The molecule has 0 aliphatic carbocycles. The third-order valence-electron chi connectivity index (χ3n) is 0.756. The van der Waals surface area contributed by atoms with Crippen molar-refractivity contribution in [3.05, 3.63) is 30.3 Å². The zero-order valence-electron chi connectivity index (χ0n) is 4.54. The lowest BCUT2D eigenvalue weighted by atomic mass is 10.4. The van der Waals surface area contributed by atoms with Crippen LogP contribution in [-0.2, 0) is 0 Å². The van der Waals surface area contributed by atoms with Crippen LogP contribution in [0.15, 0.2) is 35.2 Å². The van der Waals surface area contributed by atoms with Crippen molar-refractivity contribution in [2.75, 3.05) is 0 Å². The molecule has 0 fully saturated rings. The fraction of sp³-hybridized carbons (Fsp3) is 0. The number of rotatable bonds is 0. The minimum absolute atomic E-state index is 0. The second-order valence-corrected chi connectivity index (χ2v) is 1.85. The summed E-state index contributed by atoms with van der Waals surface area (Å²) in [5.74, 6) is 0. The molecule has 0 atom stereocenters. The molecule has 0 saturated heterocycles. The Hall–Kier alpha value is 0.336. The smallest absolute Gasteiger partial charge is 0.00399 e.